The fourth-order valence-corrected chi connectivity index (χ4v) is 4.96. The number of hydrogen-bond donors (Lipinski definition) is 2. The Balaban J connectivity index is 1.49. The van der Waals surface area contributed by atoms with Crippen LogP contribution in [0.2, 0.25) is 0 Å². The second-order valence-electron chi connectivity index (χ2n) is 8.70. The highest BCUT2D eigenvalue weighted by molar-refractivity contribution is 7.09. The average molecular weight is 526 g/mol. The van der Waals surface area contributed by atoms with Gasteiger partial charge in [0.05, 0.1) is 26.8 Å². The van der Waals surface area contributed by atoms with Gasteiger partial charge in [-0.25, -0.2) is 4.98 Å². The van der Waals surface area contributed by atoms with E-state index in [-0.39, 0.29) is 37.1 Å². The Morgan fingerprint density at radius 3 is 2.70 bits per heavy atom. The molecule has 2 atom stereocenters. The molecule has 3 aliphatic rings. The van der Waals surface area contributed by atoms with Gasteiger partial charge in [0.15, 0.2) is 6.61 Å². The number of ether oxygens (including phenoxy) is 4. The van der Waals surface area contributed by atoms with Gasteiger partial charge < -0.3 is 34.5 Å². The van der Waals surface area contributed by atoms with Crippen LogP contribution < -0.4 is 34.5 Å². The zero-order valence-corrected chi connectivity index (χ0v) is 21.5. The van der Waals surface area contributed by atoms with Crippen molar-refractivity contribution in [2.24, 2.45) is 0 Å². The van der Waals surface area contributed by atoms with E-state index in [4.69, 9.17) is 18.9 Å². The van der Waals surface area contributed by atoms with E-state index in [1.165, 1.54) is 18.6 Å². The molecule has 2 amide bonds. The second kappa shape index (κ2) is 10.5. The van der Waals surface area contributed by atoms with Gasteiger partial charge in [-0.1, -0.05) is 0 Å². The molecule has 0 radical (unpaired) electrons. The van der Waals surface area contributed by atoms with Crippen LogP contribution in [0.4, 0.5) is 5.13 Å². The minimum Gasteiger partial charge on any atom is -0.497 e. The number of fused-ring (bicyclic) bond motifs is 7. The molecule has 0 unspecified atom stereocenters. The summed E-state index contributed by atoms with van der Waals surface area (Å²) in [4.78, 5) is 32.3. The first kappa shape index (κ1) is 24.6. The zero-order valence-electron chi connectivity index (χ0n) is 20.6. The lowest BCUT2D eigenvalue weighted by Crippen LogP contribution is -2.45. The van der Waals surface area contributed by atoms with E-state index < -0.39 is 0 Å². The molecule has 12 heteroatoms. The van der Waals surface area contributed by atoms with Crippen molar-refractivity contribution >= 4 is 28.5 Å². The number of carbonyl (C=O) groups excluding carboxylic acids is 2. The molecule has 2 N–H and O–H groups in total. The van der Waals surface area contributed by atoms with Crippen LogP contribution in [-0.4, -0.2) is 67.2 Å². The van der Waals surface area contributed by atoms with E-state index in [9.17, 15) is 9.59 Å². The molecule has 4 heterocycles. The van der Waals surface area contributed by atoms with Crippen molar-refractivity contribution < 1.29 is 28.5 Å². The summed E-state index contributed by atoms with van der Waals surface area (Å²) in [5.74, 6) is 2.01. The molecule has 1 aromatic heterocycles. The smallest absolute Gasteiger partial charge is 0.258 e. The first-order valence-corrected chi connectivity index (χ1v) is 12.5. The Kier molecular flexibility index (Phi) is 6.99. The molecular formula is C25H27N5O6S. The number of hydrogen-bond acceptors (Lipinski definition) is 10. The number of rotatable bonds is 3. The summed E-state index contributed by atoms with van der Waals surface area (Å²) in [6, 6.07) is 9.92. The molecule has 37 heavy (non-hydrogen) atoms. The number of nitrogens with zero attached hydrogens (tertiary/aromatic N) is 3. The Bertz CT molecular complexity index is 1310. The average Bonchev–Trinajstić information content (AvgIpc) is 3.51. The summed E-state index contributed by atoms with van der Waals surface area (Å²) < 4.78 is 27.2. The van der Waals surface area contributed by atoms with Gasteiger partial charge in [-0.2, -0.15) is 4.37 Å². The maximum absolute atomic E-state index is 13.3. The SMILES string of the molecule is COc1cc2cc(c1)C(=O)N[C@H]1CN(c3nc(C)ns3)C[C@@H]1Oc1ccc(c(OC)c1)CNC(=O)CO2. The van der Waals surface area contributed by atoms with Gasteiger partial charge in [0, 0.05) is 47.9 Å². The van der Waals surface area contributed by atoms with Gasteiger partial charge in [0.2, 0.25) is 5.13 Å². The van der Waals surface area contributed by atoms with Crippen molar-refractivity contribution in [3.63, 3.8) is 0 Å². The molecule has 0 spiro atoms. The number of carbonyl (C=O) groups is 2. The Labute approximate surface area is 217 Å². The third kappa shape index (κ3) is 5.53. The fourth-order valence-electron chi connectivity index (χ4n) is 4.27. The fraction of sp³-hybridized carbons (Fsp3) is 0.360. The number of aryl methyl sites for hydroxylation is 1. The standard InChI is InChI=1S/C25H27N5O6S/c1-14-27-25(37-29-14)30-11-20-22(12-30)36-17-5-4-15(21(9-17)34-3)10-26-23(31)13-35-19-7-16(24(32)28-20)6-18(8-19)33-2/h4-9,20,22H,10-13H2,1-3H3,(H,26,31)(H,28,32)/t20-,22-/m0/s1. The van der Waals surface area contributed by atoms with Crippen molar-refractivity contribution in [3.8, 4) is 23.0 Å². The topological polar surface area (TPSA) is 124 Å². The predicted molar refractivity (Wildman–Crippen MR) is 136 cm³/mol. The van der Waals surface area contributed by atoms with Crippen molar-refractivity contribution in [1.82, 2.24) is 20.0 Å². The highest BCUT2D eigenvalue weighted by Crippen LogP contribution is 2.30. The summed E-state index contributed by atoms with van der Waals surface area (Å²) in [6.07, 6.45) is -0.375. The van der Waals surface area contributed by atoms with E-state index in [2.05, 4.69) is 24.9 Å². The number of methoxy groups -OCH3 is 2. The molecule has 194 valence electrons. The predicted octanol–water partition coefficient (Wildman–Crippen LogP) is 1.94. The minimum atomic E-state index is -0.375. The van der Waals surface area contributed by atoms with E-state index >= 15 is 0 Å². The van der Waals surface area contributed by atoms with Crippen LogP contribution in [0.15, 0.2) is 36.4 Å². The maximum atomic E-state index is 13.3. The Morgan fingerprint density at radius 1 is 1.08 bits per heavy atom. The summed E-state index contributed by atoms with van der Waals surface area (Å²) in [5.41, 5.74) is 1.13. The lowest BCUT2D eigenvalue weighted by Gasteiger charge is -2.22. The van der Waals surface area contributed by atoms with Crippen LogP contribution in [0.1, 0.15) is 21.7 Å². The van der Waals surface area contributed by atoms with Crippen molar-refractivity contribution in [2.45, 2.75) is 25.6 Å². The summed E-state index contributed by atoms with van der Waals surface area (Å²) >= 11 is 1.31. The normalized spacial score (nSPS) is 19.7. The molecular weight excluding hydrogens is 498 g/mol. The van der Waals surface area contributed by atoms with Crippen molar-refractivity contribution in [3.05, 3.63) is 53.3 Å². The minimum absolute atomic E-state index is 0.224. The monoisotopic (exact) mass is 525 g/mol. The number of nitrogens with one attached hydrogen (secondary N) is 2. The van der Waals surface area contributed by atoms with Gasteiger partial charge in [0.1, 0.15) is 34.9 Å². The number of aromatic nitrogens is 2. The highest BCUT2D eigenvalue weighted by Gasteiger charge is 2.37. The Morgan fingerprint density at radius 2 is 1.95 bits per heavy atom. The van der Waals surface area contributed by atoms with E-state index in [0.717, 1.165) is 10.7 Å². The maximum Gasteiger partial charge on any atom is 0.258 e. The van der Waals surface area contributed by atoms with Gasteiger partial charge >= 0.3 is 0 Å². The third-order valence-electron chi connectivity index (χ3n) is 6.14. The molecule has 1 fully saturated rings. The van der Waals surface area contributed by atoms with E-state index in [1.807, 2.05) is 19.1 Å². The third-order valence-corrected chi connectivity index (χ3v) is 7.01. The summed E-state index contributed by atoms with van der Waals surface area (Å²) in [6.45, 7) is 2.87. The van der Waals surface area contributed by atoms with Gasteiger partial charge in [-0.3, -0.25) is 9.59 Å². The molecule has 2 aromatic carbocycles. The molecule has 3 aromatic rings. The zero-order chi connectivity index (χ0) is 25.9. The molecule has 4 bridgehead atoms. The van der Waals surface area contributed by atoms with Crippen molar-refractivity contribution in [2.75, 3.05) is 38.8 Å². The molecule has 1 saturated heterocycles. The van der Waals surface area contributed by atoms with Gasteiger partial charge in [-0.05, 0) is 31.2 Å². The number of anilines is 1. The molecule has 3 aliphatic heterocycles. The quantitative estimate of drug-likeness (QED) is 0.528. The molecule has 11 nitrogen and oxygen atoms in total. The summed E-state index contributed by atoms with van der Waals surface area (Å²) in [7, 11) is 3.07. The number of benzene rings is 2. The molecule has 6 rings (SSSR count). The van der Waals surface area contributed by atoms with Crippen LogP contribution in [0.5, 0.6) is 23.0 Å². The second-order valence-corrected chi connectivity index (χ2v) is 9.43. The van der Waals surface area contributed by atoms with Gasteiger partial charge in [-0.15, -0.1) is 0 Å². The van der Waals surface area contributed by atoms with E-state index in [1.54, 1.807) is 31.4 Å². The lowest BCUT2D eigenvalue weighted by atomic mass is 10.1. The van der Waals surface area contributed by atoms with Crippen LogP contribution in [0, 0.1) is 6.92 Å². The van der Waals surface area contributed by atoms with Crippen LogP contribution in [0.25, 0.3) is 0 Å². The lowest BCUT2D eigenvalue weighted by molar-refractivity contribution is -0.123. The highest BCUT2D eigenvalue weighted by atomic mass is 32.1. The van der Waals surface area contributed by atoms with E-state index in [0.29, 0.717) is 47.5 Å². The first-order chi connectivity index (χ1) is 17.9. The largest absolute Gasteiger partial charge is 0.497 e. The molecule has 0 aliphatic carbocycles. The van der Waals surface area contributed by atoms with Crippen molar-refractivity contribution in [1.29, 1.82) is 0 Å². The summed E-state index contributed by atoms with van der Waals surface area (Å²) in [5, 5.41) is 6.69. The molecule has 0 saturated carbocycles. The van der Waals surface area contributed by atoms with Crippen LogP contribution >= 0.6 is 11.5 Å². The first-order valence-electron chi connectivity index (χ1n) is 11.7. The van der Waals surface area contributed by atoms with Crippen LogP contribution in [-0.2, 0) is 11.3 Å². The van der Waals surface area contributed by atoms with Crippen LogP contribution in [0.3, 0.4) is 0 Å². The Hall–Kier alpha value is -4.06. The van der Waals surface area contributed by atoms with Gasteiger partial charge in [0.25, 0.3) is 11.8 Å². The number of amides is 2.